The molecule has 2 amide bonds. The van der Waals surface area contributed by atoms with Crippen molar-refractivity contribution >= 4 is 11.8 Å². The van der Waals surface area contributed by atoms with Crippen LogP contribution in [-0.4, -0.2) is 54.8 Å². The smallest absolute Gasteiger partial charge is 0.230 e. The Morgan fingerprint density at radius 1 is 1.64 bits per heavy atom. The Bertz CT molecular complexity index is 240. The first-order valence-corrected chi connectivity index (χ1v) is 4.74. The standard InChI is InChI=1S/C9H17N3O2/c1-11(2)4-3-8(13)12-6-7(10)5-9(12)14/h7H,3-6,10H2,1-2H3. The van der Waals surface area contributed by atoms with E-state index in [1.165, 1.54) is 4.90 Å². The molecule has 0 aromatic heterocycles. The summed E-state index contributed by atoms with van der Waals surface area (Å²) in [6.45, 7) is 1.04. The molecule has 1 saturated heterocycles. The molecular formula is C9H17N3O2. The third-order valence-corrected chi connectivity index (χ3v) is 2.23. The van der Waals surface area contributed by atoms with E-state index in [0.717, 1.165) is 0 Å². The van der Waals surface area contributed by atoms with Gasteiger partial charge in [0.15, 0.2) is 0 Å². The summed E-state index contributed by atoms with van der Waals surface area (Å²) in [5.74, 6) is -0.252. The van der Waals surface area contributed by atoms with Crippen LogP contribution in [0.3, 0.4) is 0 Å². The normalized spacial score (nSPS) is 22.1. The summed E-state index contributed by atoms with van der Waals surface area (Å²) >= 11 is 0. The van der Waals surface area contributed by atoms with Gasteiger partial charge in [-0.15, -0.1) is 0 Å². The zero-order valence-corrected chi connectivity index (χ0v) is 8.69. The van der Waals surface area contributed by atoms with Crippen LogP contribution in [0.4, 0.5) is 0 Å². The van der Waals surface area contributed by atoms with E-state index in [0.29, 0.717) is 25.9 Å². The van der Waals surface area contributed by atoms with Gasteiger partial charge < -0.3 is 10.6 Å². The van der Waals surface area contributed by atoms with E-state index < -0.39 is 0 Å². The molecular weight excluding hydrogens is 182 g/mol. The highest BCUT2D eigenvalue weighted by Gasteiger charge is 2.31. The Morgan fingerprint density at radius 2 is 2.29 bits per heavy atom. The molecule has 80 valence electrons. The Kier molecular flexibility index (Phi) is 3.60. The van der Waals surface area contributed by atoms with Crippen molar-refractivity contribution < 1.29 is 9.59 Å². The predicted molar refractivity (Wildman–Crippen MR) is 52.5 cm³/mol. The van der Waals surface area contributed by atoms with Crippen LogP contribution in [0.15, 0.2) is 0 Å². The van der Waals surface area contributed by atoms with Crippen LogP contribution in [0.5, 0.6) is 0 Å². The molecule has 1 aliphatic heterocycles. The number of hydrogen-bond donors (Lipinski definition) is 1. The molecule has 1 heterocycles. The number of nitrogens with zero attached hydrogens (tertiary/aromatic N) is 2. The van der Waals surface area contributed by atoms with Crippen LogP contribution in [0.2, 0.25) is 0 Å². The lowest BCUT2D eigenvalue weighted by Crippen LogP contribution is -2.35. The lowest BCUT2D eigenvalue weighted by atomic mass is 10.3. The molecule has 0 spiro atoms. The SMILES string of the molecule is CN(C)CCC(=O)N1CC(N)CC1=O. The molecule has 1 unspecified atom stereocenters. The van der Waals surface area contributed by atoms with Crippen molar-refractivity contribution in [2.75, 3.05) is 27.2 Å². The Morgan fingerprint density at radius 3 is 2.71 bits per heavy atom. The van der Waals surface area contributed by atoms with Crippen molar-refractivity contribution in [3.63, 3.8) is 0 Å². The fourth-order valence-electron chi connectivity index (χ4n) is 1.43. The molecule has 14 heavy (non-hydrogen) atoms. The van der Waals surface area contributed by atoms with Crippen molar-refractivity contribution in [1.29, 1.82) is 0 Å². The maximum Gasteiger partial charge on any atom is 0.230 e. The van der Waals surface area contributed by atoms with Crippen LogP contribution in [-0.2, 0) is 9.59 Å². The first-order valence-electron chi connectivity index (χ1n) is 4.74. The molecule has 0 saturated carbocycles. The van der Waals surface area contributed by atoms with Crippen LogP contribution in [0, 0.1) is 0 Å². The number of hydrogen-bond acceptors (Lipinski definition) is 4. The van der Waals surface area contributed by atoms with Gasteiger partial charge in [-0.2, -0.15) is 0 Å². The second kappa shape index (κ2) is 4.52. The molecule has 2 N–H and O–H groups in total. The van der Waals surface area contributed by atoms with E-state index in [1.807, 2.05) is 19.0 Å². The monoisotopic (exact) mass is 199 g/mol. The van der Waals surface area contributed by atoms with E-state index in [-0.39, 0.29) is 17.9 Å². The van der Waals surface area contributed by atoms with Gasteiger partial charge in [-0.05, 0) is 14.1 Å². The highest BCUT2D eigenvalue weighted by Crippen LogP contribution is 2.10. The van der Waals surface area contributed by atoms with Crippen molar-refractivity contribution in [2.45, 2.75) is 18.9 Å². The van der Waals surface area contributed by atoms with Crippen LogP contribution in [0.1, 0.15) is 12.8 Å². The van der Waals surface area contributed by atoms with E-state index >= 15 is 0 Å². The third kappa shape index (κ3) is 2.78. The summed E-state index contributed by atoms with van der Waals surface area (Å²) in [5, 5.41) is 0. The Hall–Kier alpha value is -0.940. The number of nitrogens with two attached hydrogens (primary N) is 1. The third-order valence-electron chi connectivity index (χ3n) is 2.23. The fraction of sp³-hybridized carbons (Fsp3) is 0.778. The second-order valence-corrected chi connectivity index (χ2v) is 3.92. The van der Waals surface area contributed by atoms with Gasteiger partial charge in [0.25, 0.3) is 0 Å². The first-order chi connectivity index (χ1) is 6.50. The minimum absolute atomic E-state index is 0.114. The molecule has 5 heteroatoms. The van der Waals surface area contributed by atoms with E-state index in [9.17, 15) is 9.59 Å². The molecule has 5 nitrogen and oxygen atoms in total. The van der Waals surface area contributed by atoms with Crippen molar-refractivity contribution in [3.05, 3.63) is 0 Å². The maximum atomic E-state index is 11.5. The number of amides is 2. The lowest BCUT2D eigenvalue weighted by Gasteiger charge is -2.15. The van der Waals surface area contributed by atoms with E-state index in [2.05, 4.69) is 0 Å². The molecule has 0 aliphatic carbocycles. The lowest BCUT2D eigenvalue weighted by molar-refractivity contribution is -0.141. The summed E-state index contributed by atoms with van der Waals surface area (Å²) in [6, 6.07) is -0.175. The molecule has 0 radical (unpaired) electrons. The van der Waals surface area contributed by atoms with Crippen molar-refractivity contribution in [2.24, 2.45) is 5.73 Å². The minimum Gasteiger partial charge on any atom is -0.326 e. The van der Waals surface area contributed by atoms with Crippen molar-refractivity contribution in [1.82, 2.24) is 9.80 Å². The number of carbonyl (C=O) groups excluding carboxylic acids is 2. The number of likely N-dealkylation sites (tertiary alicyclic amines) is 1. The molecule has 1 rings (SSSR count). The molecule has 1 fully saturated rings. The van der Waals surface area contributed by atoms with Crippen molar-refractivity contribution in [3.8, 4) is 0 Å². The van der Waals surface area contributed by atoms with Crippen LogP contribution >= 0.6 is 0 Å². The topological polar surface area (TPSA) is 66.6 Å². The Labute approximate surface area is 83.8 Å². The van der Waals surface area contributed by atoms with Gasteiger partial charge in [0.1, 0.15) is 0 Å². The summed E-state index contributed by atoms with van der Waals surface area (Å²) in [4.78, 5) is 26.0. The molecule has 0 aromatic carbocycles. The van der Waals surface area contributed by atoms with Gasteiger partial charge in [-0.25, -0.2) is 0 Å². The summed E-state index contributed by atoms with van der Waals surface area (Å²) in [7, 11) is 3.79. The fourth-order valence-corrected chi connectivity index (χ4v) is 1.43. The van der Waals surface area contributed by atoms with E-state index in [1.54, 1.807) is 0 Å². The number of imide groups is 1. The first kappa shape index (κ1) is 11.1. The Balaban J connectivity index is 2.41. The number of rotatable bonds is 3. The summed E-state index contributed by atoms with van der Waals surface area (Å²) in [6.07, 6.45) is 0.680. The van der Waals surface area contributed by atoms with Gasteiger partial charge in [0.2, 0.25) is 11.8 Å². The molecule has 0 bridgehead atoms. The molecule has 0 aromatic rings. The average molecular weight is 199 g/mol. The number of carbonyl (C=O) groups is 2. The summed E-state index contributed by atoms with van der Waals surface area (Å²) < 4.78 is 0. The van der Waals surface area contributed by atoms with E-state index in [4.69, 9.17) is 5.73 Å². The predicted octanol–water partition coefficient (Wildman–Crippen LogP) is -0.976. The second-order valence-electron chi connectivity index (χ2n) is 3.92. The summed E-state index contributed by atoms with van der Waals surface area (Å²) in [5.41, 5.74) is 5.58. The van der Waals surface area contributed by atoms with Gasteiger partial charge in [0.05, 0.1) is 0 Å². The van der Waals surface area contributed by atoms with Gasteiger partial charge in [0, 0.05) is 32.0 Å². The van der Waals surface area contributed by atoms with Gasteiger partial charge in [-0.1, -0.05) is 0 Å². The van der Waals surface area contributed by atoms with Crippen LogP contribution < -0.4 is 5.73 Å². The minimum atomic E-state index is -0.175. The van der Waals surface area contributed by atoms with Gasteiger partial charge >= 0.3 is 0 Å². The highest BCUT2D eigenvalue weighted by atomic mass is 16.2. The molecule has 1 aliphatic rings. The largest absolute Gasteiger partial charge is 0.326 e. The zero-order chi connectivity index (χ0) is 10.7. The molecule has 1 atom stereocenters. The van der Waals surface area contributed by atoms with Gasteiger partial charge in [-0.3, -0.25) is 14.5 Å². The average Bonchev–Trinajstić information content (AvgIpc) is 2.41. The highest BCUT2D eigenvalue weighted by molar-refractivity contribution is 5.97. The maximum absolute atomic E-state index is 11.5. The van der Waals surface area contributed by atoms with Crippen LogP contribution in [0.25, 0.3) is 0 Å². The quantitative estimate of drug-likeness (QED) is 0.634. The zero-order valence-electron chi connectivity index (χ0n) is 8.69.